The molecule has 1 saturated heterocycles. The standard InChI is InChI=1S/C20H24FN3O5S/c1-4-29-20(26)18-11-15(12-23(18)3)30(27,28)24-9-5-6-17(24)19(25)22-16-8-7-14(21)10-13(16)2/h7-8,10-12,17H,4-6,9H2,1-3H3,(H,22,25). The molecule has 8 nitrogen and oxygen atoms in total. The summed E-state index contributed by atoms with van der Waals surface area (Å²) in [4.78, 5) is 24.8. The van der Waals surface area contributed by atoms with Crippen molar-refractivity contribution in [1.29, 1.82) is 0 Å². The lowest BCUT2D eigenvalue weighted by molar-refractivity contribution is -0.119. The van der Waals surface area contributed by atoms with Gasteiger partial charge in [0.15, 0.2) is 0 Å². The van der Waals surface area contributed by atoms with Crippen LogP contribution in [-0.2, 0) is 26.6 Å². The number of aryl methyl sites for hydroxylation is 2. The van der Waals surface area contributed by atoms with Crippen LogP contribution in [0.25, 0.3) is 0 Å². The fraction of sp³-hybridized carbons (Fsp3) is 0.400. The number of nitrogens with zero attached hydrogens (tertiary/aromatic N) is 2. The van der Waals surface area contributed by atoms with Crippen LogP contribution in [0, 0.1) is 12.7 Å². The molecular formula is C20H24FN3O5S. The molecule has 3 rings (SSSR count). The first kappa shape index (κ1) is 22.0. The second-order valence-corrected chi connectivity index (χ2v) is 9.01. The van der Waals surface area contributed by atoms with Crippen molar-refractivity contribution in [2.45, 2.75) is 37.6 Å². The molecule has 1 aromatic carbocycles. The Morgan fingerprint density at radius 2 is 2.03 bits per heavy atom. The van der Waals surface area contributed by atoms with Crippen molar-refractivity contribution in [2.75, 3.05) is 18.5 Å². The number of aromatic nitrogens is 1. The van der Waals surface area contributed by atoms with E-state index in [0.717, 1.165) is 4.31 Å². The van der Waals surface area contributed by atoms with Crippen molar-refractivity contribution in [2.24, 2.45) is 7.05 Å². The normalized spacial score (nSPS) is 17.1. The summed E-state index contributed by atoms with van der Waals surface area (Å²) in [6.45, 7) is 3.67. The number of nitrogens with one attached hydrogen (secondary N) is 1. The molecule has 162 valence electrons. The van der Waals surface area contributed by atoms with Gasteiger partial charge in [-0.3, -0.25) is 4.79 Å². The Morgan fingerprint density at radius 3 is 2.70 bits per heavy atom. The smallest absolute Gasteiger partial charge is 0.354 e. The van der Waals surface area contributed by atoms with Crippen LogP contribution in [0.3, 0.4) is 0 Å². The number of carbonyl (C=O) groups is 2. The molecule has 1 N–H and O–H groups in total. The van der Waals surface area contributed by atoms with Crippen LogP contribution in [0.15, 0.2) is 35.4 Å². The number of hydrogen-bond donors (Lipinski definition) is 1. The van der Waals surface area contributed by atoms with Gasteiger partial charge < -0.3 is 14.6 Å². The molecule has 2 heterocycles. The number of amides is 1. The van der Waals surface area contributed by atoms with Crippen LogP contribution >= 0.6 is 0 Å². The topological polar surface area (TPSA) is 97.7 Å². The molecular weight excluding hydrogens is 413 g/mol. The average Bonchev–Trinajstić information content (AvgIpc) is 3.32. The fourth-order valence-electron chi connectivity index (χ4n) is 3.49. The highest BCUT2D eigenvalue weighted by molar-refractivity contribution is 7.89. The number of anilines is 1. The Bertz CT molecular complexity index is 1080. The first-order valence-electron chi connectivity index (χ1n) is 9.57. The second kappa shape index (κ2) is 8.57. The summed E-state index contributed by atoms with van der Waals surface area (Å²) in [5.41, 5.74) is 1.07. The van der Waals surface area contributed by atoms with Gasteiger partial charge in [0, 0.05) is 25.5 Å². The van der Waals surface area contributed by atoms with Crippen molar-refractivity contribution in [3.63, 3.8) is 0 Å². The zero-order valence-electron chi connectivity index (χ0n) is 17.0. The van der Waals surface area contributed by atoms with E-state index in [1.54, 1.807) is 20.9 Å². The Balaban J connectivity index is 1.84. The van der Waals surface area contributed by atoms with E-state index in [9.17, 15) is 22.4 Å². The quantitative estimate of drug-likeness (QED) is 0.700. The summed E-state index contributed by atoms with van der Waals surface area (Å²) >= 11 is 0. The van der Waals surface area contributed by atoms with Crippen molar-refractivity contribution < 1.29 is 27.1 Å². The van der Waals surface area contributed by atoms with Gasteiger partial charge in [0.1, 0.15) is 22.4 Å². The number of esters is 1. The molecule has 1 atom stereocenters. The molecule has 0 saturated carbocycles. The molecule has 1 unspecified atom stereocenters. The van der Waals surface area contributed by atoms with Crippen LogP contribution in [-0.4, -0.2) is 48.4 Å². The highest BCUT2D eigenvalue weighted by atomic mass is 32.2. The van der Waals surface area contributed by atoms with Gasteiger partial charge in [-0.15, -0.1) is 0 Å². The van der Waals surface area contributed by atoms with Crippen LogP contribution in [0.2, 0.25) is 0 Å². The molecule has 30 heavy (non-hydrogen) atoms. The van der Waals surface area contributed by atoms with Gasteiger partial charge in [-0.05, 0) is 56.5 Å². The number of halogens is 1. The summed E-state index contributed by atoms with van der Waals surface area (Å²) in [5, 5.41) is 2.69. The maximum Gasteiger partial charge on any atom is 0.354 e. The van der Waals surface area contributed by atoms with E-state index in [1.807, 2.05) is 0 Å². The zero-order chi connectivity index (χ0) is 22.1. The predicted octanol–water partition coefficient (Wildman–Crippen LogP) is 2.44. The summed E-state index contributed by atoms with van der Waals surface area (Å²) in [7, 11) is -2.46. The molecule has 10 heteroatoms. The summed E-state index contributed by atoms with van der Waals surface area (Å²) in [6, 6.07) is 4.32. The third-order valence-electron chi connectivity index (χ3n) is 5.02. The van der Waals surface area contributed by atoms with E-state index in [1.165, 1.54) is 35.0 Å². The monoisotopic (exact) mass is 437 g/mol. The summed E-state index contributed by atoms with van der Waals surface area (Å²) in [6.07, 6.45) is 2.22. The molecule has 1 amide bonds. The molecule has 1 aliphatic heterocycles. The highest BCUT2D eigenvalue weighted by Crippen LogP contribution is 2.28. The van der Waals surface area contributed by atoms with E-state index in [2.05, 4.69) is 5.32 Å². The number of rotatable bonds is 6. The third-order valence-corrected chi connectivity index (χ3v) is 6.90. The first-order chi connectivity index (χ1) is 14.1. The Morgan fingerprint density at radius 1 is 1.30 bits per heavy atom. The lowest BCUT2D eigenvalue weighted by Crippen LogP contribution is -2.43. The van der Waals surface area contributed by atoms with E-state index in [4.69, 9.17) is 4.74 Å². The maximum absolute atomic E-state index is 13.3. The highest BCUT2D eigenvalue weighted by Gasteiger charge is 2.40. The lowest BCUT2D eigenvalue weighted by Gasteiger charge is -2.23. The minimum absolute atomic E-state index is 0.0780. The van der Waals surface area contributed by atoms with Crippen LogP contribution in [0.4, 0.5) is 10.1 Å². The largest absolute Gasteiger partial charge is 0.461 e. The number of sulfonamides is 1. The molecule has 0 radical (unpaired) electrons. The molecule has 0 aliphatic carbocycles. The van der Waals surface area contributed by atoms with E-state index in [-0.39, 0.29) is 23.7 Å². The van der Waals surface area contributed by atoms with Crippen molar-refractivity contribution in [1.82, 2.24) is 8.87 Å². The van der Waals surface area contributed by atoms with Crippen molar-refractivity contribution >= 4 is 27.6 Å². The molecule has 1 aromatic heterocycles. The van der Waals surface area contributed by atoms with Gasteiger partial charge in [0.05, 0.1) is 6.61 Å². The Hall–Kier alpha value is -2.72. The first-order valence-corrected chi connectivity index (χ1v) is 11.0. The van der Waals surface area contributed by atoms with Gasteiger partial charge in [-0.1, -0.05) is 0 Å². The number of hydrogen-bond acceptors (Lipinski definition) is 5. The van der Waals surface area contributed by atoms with Crippen LogP contribution < -0.4 is 5.32 Å². The lowest BCUT2D eigenvalue weighted by atomic mass is 10.1. The Labute approximate surface area is 174 Å². The number of benzene rings is 1. The summed E-state index contributed by atoms with van der Waals surface area (Å²) < 4.78 is 47.2. The Kier molecular flexibility index (Phi) is 6.27. The van der Waals surface area contributed by atoms with Crippen molar-refractivity contribution in [3.05, 3.63) is 47.5 Å². The molecule has 1 fully saturated rings. The van der Waals surface area contributed by atoms with E-state index < -0.39 is 33.8 Å². The van der Waals surface area contributed by atoms with Crippen LogP contribution in [0.1, 0.15) is 35.8 Å². The molecule has 0 bridgehead atoms. The van der Waals surface area contributed by atoms with Crippen LogP contribution in [0.5, 0.6) is 0 Å². The van der Waals surface area contributed by atoms with Gasteiger partial charge in [0.2, 0.25) is 15.9 Å². The number of carbonyl (C=O) groups excluding carboxylic acids is 2. The molecule has 0 spiro atoms. The molecule has 1 aliphatic rings. The second-order valence-electron chi connectivity index (χ2n) is 7.11. The third kappa shape index (κ3) is 4.24. The van der Waals surface area contributed by atoms with Gasteiger partial charge in [0.25, 0.3) is 0 Å². The van der Waals surface area contributed by atoms with Gasteiger partial charge >= 0.3 is 5.97 Å². The molecule has 2 aromatic rings. The minimum atomic E-state index is -4.01. The zero-order valence-corrected chi connectivity index (χ0v) is 17.8. The SMILES string of the molecule is CCOC(=O)c1cc(S(=O)(=O)N2CCCC2C(=O)Nc2ccc(F)cc2C)cn1C. The average molecular weight is 437 g/mol. The maximum atomic E-state index is 13.3. The van der Waals surface area contributed by atoms with Gasteiger partial charge in [-0.25, -0.2) is 17.6 Å². The fourth-order valence-corrected chi connectivity index (χ4v) is 5.22. The number of ether oxygens (including phenoxy) is 1. The minimum Gasteiger partial charge on any atom is -0.461 e. The van der Waals surface area contributed by atoms with E-state index >= 15 is 0 Å². The van der Waals surface area contributed by atoms with Gasteiger partial charge in [-0.2, -0.15) is 4.31 Å². The van der Waals surface area contributed by atoms with E-state index in [0.29, 0.717) is 24.1 Å². The predicted molar refractivity (Wildman–Crippen MR) is 108 cm³/mol. The van der Waals surface area contributed by atoms with Crippen molar-refractivity contribution in [3.8, 4) is 0 Å². The summed E-state index contributed by atoms with van der Waals surface area (Å²) in [5.74, 6) is -1.52.